The number of fused-ring (bicyclic) bond motifs is 1. The first kappa shape index (κ1) is 11.1. The normalized spacial score (nSPS) is 54.6. The average Bonchev–Trinajstić information content (AvgIpc) is 2.52. The molecule has 0 bridgehead atoms. The molecule has 92 valence electrons. The second-order valence-corrected chi connectivity index (χ2v) is 7.67. The molecular formula is C16H28. The van der Waals surface area contributed by atoms with Gasteiger partial charge in [-0.15, -0.1) is 0 Å². The second-order valence-electron chi connectivity index (χ2n) is 7.67. The lowest BCUT2D eigenvalue weighted by atomic mass is 9.55. The van der Waals surface area contributed by atoms with Crippen LogP contribution in [-0.4, -0.2) is 0 Å². The van der Waals surface area contributed by atoms with Crippen molar-refractivity contribution in [1.29, 1.82) is 0 Å². The van der Waals surface area contributed by atoms with Crippen molar-refractivity contribution in [2.75, 3.05) is 0 Å². The van der Waals surface area contributed by atoms with Crippen molar-refractivity contribution in [2.45, 2.75) is 53.9 Å². The van der Waals surface area contributed by atoms with Gasteiger partial charge in [0, 0.05) is 0 Å². The summed E-state index contributed by atoms with van der Waals surface area (Å²) in [5.74, 6) is 7.45. The standard InChI is InChI=1S/C16H28/c1-6-11-7-9(2)14(11)10(3)12-8-13-15(12)16(13,4)5/h9-15H,6-8H2,1-5H3. The van der Waals surface area contributed by atoms with E-state index in [-0.39, 0.29) is 0 Å². The van der Waals surface area contributed by atoms with E-state index in [1.807, 2.05) is 0 Å². The van der Waals surface area contributed by atoms with Crippen molar-refractivity contribution in [3.05, 3.63) is 0 Å². The highest BCUT2D eigenvalue weighted by molar-refractivity contribution is 5.17. The number of hydrogen-bond donors (Lipinski definition) is 0. The van der Waals surface area contributed by atoms with Crippen LogP contribution in [0.4, 0.5) is 0 Å². The molecule has 16 heavy (non-hydrogen) atoms. The van der Waals surface area contributed by atoms with Gasteiger partial charge in [-0.1, -0.05) is 41.0 Å². The average molecular weight is 220 g/mol. The van der Waals surface area contributed by atoms with Crippen molar-refractivity contribution in [1.82, 2.24) is 0 Å². The minimum atomic E-state index is 0.716. The molecule has 3 rings (SSSR count). The molecule has 0 radical (unpaired) electrons. The zero-order valence-electron chi connectivity index (χ0n) is 11.7. The Kier molecular flexibility index (Phi) is 2.27. The first-order chi connectivity index (χ1) is 7.48. The minimum Gasteiger partial charge on any atom is -0.0651 e. The first-order valence-corrected chi connectivity index (χ1v) is 7.48. The van der Waals surface area contributed by atoms with Crippen molar-refractivity contribution in [3.63, 3.8) is 0 Å². The van der Waals surface area contributed by atoms with Crippen LogP contribution < -0.4 is 0 Å². The lowest BCUT2D eigenvalue weighted by Crippen LogP contribution is -2.43. The van der Waals surface area contributed by atoms with Crippen molar-refractivity contribution >= 4 is 0 Å². The molecule has 0 aromatic rings. The van der Waals surface area contributed by atoms with Gasteiger partial charge in [0.15, 0.2) is 0 Å². The third-order valence-corrected chi connectivity index (χ3v) is 6.81. The molecule has 3 saturated carbocycles. The molecule has 3 aliphatic carbocycles. The van der Waals surface area contributed by atoms with E-state index in [1.54, 1.807) is 6.42 Å². The van der Waals surface area contributed by atoms with E-state index in [4.69, 9.17) is 0 Å². The van der Waals surface area contributed by atoms with Crippen LogP contribution in [0.25, 0.3) is 0 Å². The molecule has 0 heterocycles. The summed E-state index contributed by atoms with van der Waals surface area (Å²) in [6.45, 7) is 12.4. The lowest BCUT2D eigenvalue weighted by molar-refractivity contribution is -0.0134. The van der Waals surface area contributed by atoms with E-state index in [1.165, 1.54) is 12.8 Å². The SMILES string of the molecule is CCC1CC(C)C1C(C)C1CC2C1C2(C)C. The Bertz CT molecular complexity index is 290. The van der Waals surface area contributed by atoms with Crippen molar-refractivity contribution in [3.8, 4) is 0 Å². The van der Waals surface area contributed by atoms with Gasteiger partial charge in [0.05, 0.1) is 0 Å². The van der Waals surface area contributed by atoms with Gasteiger partial charge in [-0.25, -0.2) is 0 Å². The van der Waals surface area contributed by atoms with Gasteiger partial charge in [-0.3, -0.25) is 0 Å². The summed E-state index contributed by atoms with van der Waals surface area (Å²) in [7, 11) is 0. The summed E-state index contributed by atoms with van der Waals surface area (Å²) in [6.07, 6.45) is 4.48. The molecule has 7 unspecified atom stereocenters. The third kappa shape index (κ3) is 1.22. The minimum absolute atomic E-state index is 0.716. The molecule has 0 aromatic carbocycles. The Morgan fingerprint density at radius 3 is 2.31 bits per heavy atom. The zero-order chi connectivity index (χ0) is 11.7. The molecule has 0 amide bonds. The Balaban J connectivity index is 1.64. The maximum atomic E-state index is 2.57. The van der Waals surface area contributed by atoms with Crippen LogP contribution in [0.3, 0.4) is 0 Å². The lowest BCUT2D eigenvalue weighted by Gasteiger charge is -2.50. The van der Waals surface area contributed by atoms with E-state index >= 15 is 0 Å². The molecule has 0 aromatic heterocycles. The van der Waals surface area contributed by atoms with E-state index < -0.39 is 0 Å². The fraction of sp³-hybridized carbons (Fsp3) is 1.00. The van der Waals surface area contributed by atoms with Gasteiger partial charge in [-0.05, 0) is 59.7 Å². The molecule has 0 aliphatic heterocycles. The van der Waals surface area contributed by atoms with Crippen molar-refractivity contribution < 1.29 is 0 Å². The van der Waals surface area contributed by atoms with E-state index in [2.05, 4.69) is 34.6 Å². The maximum Gasteiger partial charge on any atom is -0.0289 e. The smallest absolute Gasteiger partial charge is 0.0289 e. The highest BCUT2D eigenvalue weighted by atomic mass is 14.7. The summed E-state index contributed by atoms with van der Waals surface area (Å²) in [4.78, 5) is 0. The summed E-state index contributed by atoms with van der Waals surface area (Å²) in [5, 5.41) is 0. The fourth-order valence-corrected chi connectivity index (χ4v) is 5.60. The van der Waals surface area contributed by atoms with Gasteiger partial charge in [0.2, 0.25) is 0 Å². The number of rotatable bonds is 3. The van der Waals surface area contributed by atoms with Crippen molar-refractivity contribution in [2.24, 2.45) is 46.8 Å². The Morgan fingerprint density at radius 2 is 1.94 bits per heavy atom. The van der Waals surface area contributed by atoms with E-state index in [0.717, 1.165) is 41.4 Å². The molecule has 7 atom stereocenters. The van der Waals surface area contributed by atoms with Crippen LogP contribution in [0.15, 0.2) is 0 Å². The van der Waals surface area contributed by atoms with Crippen LogP contribution >= 0.6 is 0 Å². The Morgan fingerprint density at radius 1 is 1.25 bits per heavy atom. The zero-order valence-corrected chi connectivity index (χ0v) is 11.7. The van der Waals surface area contributed by atoms with Crippen LogP contribution in [0.2, 0.25) is 0 Å². The van der Waals surface area contributed by atoms with Gasteiger partial charge in [0.25, 0.3) is 0 Å². The molecule has 3 aliphatic rings. The summed E-state index contributed by atoms with van der Waals surface area (Å²) >= 11 is 0. The molecule has 0 heteroatoms. The third-order valence-electron chi connectivity index (χ3n) is 6.81. The molecule has 0 saturated heterocycles. The van der Waals surface area contributed by atoms with E-state index in [9.17, 15) is 0 Å². The van der Waals surface area contributed by atoms with Gasteiger partial charge in [0.1, 0.15) is 0 Å². The quantitative estimate of drug-likeness (QED) is 0.652. The van der Waals surface area contributed by atoms with Crippen LogP contribution in [0, 0.1) is 46.8 Å². The van der Waals surface area contributed by atoms with Crippen LogP contribution in [0.5, 0.6) is 0 Å². The highest BCUT2D eigenvalue weighted by Gasteiger charge is 2.69. The first-order valence-electron chi connectivity index (χ1n) is 7.48. The van der Waals surface area contributed by atoms with Gasteiger partial charge in [-0.2, -0.15) is 0 Å². The predicted molar refractivity (Wildman–Crippen MR) is 69.1 cm³/mol. The van der Waals surface area contributed by atoms with Gasteiger partial charge < -0.3 is 0 Å². The number of hydrogen-bond acceptors (Lipinski definition) is 0. The largest absolute Gasteiger partial charge is 0.0651 e. The summed E-state index contributed by atoms with van der Waals surface area (Å²) in [5.41, 5.74) is 0.716. The molecule has 0 N–H and O–H groups in total. The monoisotopic (exact) mass is 220 g/mol. The van der Waals surface area contributed by atoms with Gasteiger partial charge >= 0.3 is 0 Å². The molecular weight excluding hydrogens is 192 g/mol. The Labute approximate surface area is 101 Å². The molecule has 0 nitrogen and oxygen atoms in total. The summed E-state index contributed by atoms with van der Waals surface area (Å²) in [6, 6.07) is 0. The van der Waals surface area contributed by atoms with Crippen LogP contribution in [-0.2, 0) is 0 Å². The molecule has 0 spiro atoms. The van der Waals surface area contributed by atoms with E-state index in [0.29, 0.717) is 5.41 Å². The second kappa shape index (κ2) is 3.27. The maximum absolute atomic E-state index is 2.57. The molecule has 3 fully saturated rings. The summed E-state index contributed by atoms with van der Waals surface area (Å²) < 4.78 is 0. The Hall–Kier alpha value is 0. The fourth-order valence-electron chi connectivity index (χ4n) is 5.60. The topological polar surface area (TPSA) is 0 Å². The predicted octanol–water partition coefficient (Wildman–Crippen LogP) is 4.60. The van der Waals surface area contributed by atoms with Crippen LogP contribution in [0.1, 0.15) is 53.9 Å². The highest BCUT2D eigenvalue weighted by Crippen LogP contribution is 2.75.